The molecule has 0 aliphatic rings. The SMILES string of the molecule is COc1ccccc1CNc1cn[nH]c(=O)c1Br. The number of aromatic amines is 1. The lowest BCUT2D eigenvalue weighted by Crippen LogP contribution is -2.12. The molecule has 1 aromatic carbocycles. The fourth-order valence-corrected chi connectivity index (χ4v) is 1.88. The zero-order chi connectivity index (χ0) is 13.0. The summed E-state index contributed by atoms with van der Waals surface area (Å²) in [5.74, 6) is 0.805. The number of aromatic nitrogens is 2. The molecule has 0 saturated heterocycles. The maximum atomic E-state index is 11.3. The number of halogens is 1. The Balaban J connectivity index is 2.16. The summed E-state index contributed by atoms with van der Waals surface area (Å²) in [7, 11) is 1.63. The average Bonchev–Trinajstić information content (AvgIpc) is 2.41. The Morgan fingerprint density at radius 2 is 2.22 bits per heavy atom. The summed E-state index contributed by atoms with van der Waals surface area (Å²) in [5, 5.41) is 9.22. The first kappa shape index (κ1) is 12.6. The summed E-state index contributed by atoms with van der Waals surface area (Å²) >= 11 is 3.21. The Labute approximate surface area is 112 Å². The van der Waals surface area contributed by atoms with Gasteiger partial charge in [0.1, 0.15) is 10.2 Å². The van der Waals surface area contributed by atoms with Crippen molar-refractivity contribution in [2.75, 3.05) is 12.4 Å². The lowest BCUT2D eigenvalue weighted by Gasteiger charge is -2.10. The van der Waals surface area contributed by atoms with Gasteiger partial charge in [-0.15, -0.1) is 0 Å². The Morgan fingerprint density at radius 1 is 1.44 bits per heavy atom. The number of ether oxygens (including phenoxy) is 1. The van der Waals surface area contributed by atoms with E-state index < -0.39 is 0 Å². The van der Waals surface area contributed by atoms with Gasteiger partial charge in [-0.1, -0.05) is 18.2 Å². The van der Waals surface area contributed by atoms with Gasteiger partial charge in [0.15, 0.2) is 0 Å². The predicted octanol–water partition coefficient (Wildman–Crippen LogP) is 2.15. The molecule has 2 N–H and O–H groups in total. The highest BCUT2D eigenvalue weighted by Gasteiger charge is 2.06. The highest BCUT2D eigenvalue weighted by molar-refractivity contribution is 9.10. The van der Waals surface area contributed by atoms with E-state index in [2.05, 4.69) is 31.4 Å². The van der Waals surface area contributed by atoms with Crippen LogP contribution in [0.15, 0.2) is 39.7 Å². The Hall–Kier alpha value is -1.82. The van der Waals surface area contributed by atoms with Crippen LogP contribution in [0.4, 0.5) is 5.69 Å². The van der Waals surface area contributed by atoms with Gasteiger partial charge >= 0.3 is 0 Å². The molecule has 18 heavy (non-hydrogen) atoms. The van der Waals surface area contributed by atoms with Gasteiger partial charge in [0.05, 0.1) is 19.0 Å². The molecule has 0 atom stereocenters. The van der Waals surface area contributed by atoms with Gasteiger partial charge in [0.25, 0.3) is 5.56 Å². The van der Waals surface area contributed by atoms with Crippen LogP contribution in [0.1, 0.15) is 5.56 Å². The maximum absolute atomic E-state index is 11.3. The first-order valence-electron chi connectivity index (χ1n) is 5.31. The van der Waals surface area contributed by atoms with Gasteiger partial charge in [-0.25, -0.2) is 5.10 Å². The maximum Gasteiger partial charge on any atom is 0.280 e. The summed E-state index contributed by atoms with van der Waals surface area (Å²) in [5.41, 5.74) is 1.39. The molecule has 0 aliphatic carbocycles. The minimum absolute atomic E-state index is 0.264. The van der Waals surface area contributed by atoms with E-state index in [0.717, 1.165) is 11.3 Å². The van der Waals surface area contributed by atoms with Crippen LogP contribution in [-0.2, 0) is 6.54 Å². The highest BCUT2D eigenvalue weighted by Crippen LogP contribution is 2.21. The highest BCUT2D eigenvalue weighted by atomic mass is 79.9. The molecule has 0 radical (unpaired) electrons. The number of hydrogen-bond acceptors (Lipinski definition) is 4. The first-order chi connectivity index (χ1) is 8.72. The van der Waals surface area contributed by atoms with Gasteiger partial charge in [0.2, 0.25) is 0 Å². The van der Waals surface area contributed by atoms with Gasteiger partial charge < -0.3 is 10.1 Å². The van der Waals surface area contributed by atoms with E-state index in [1.54, 1.807) is 13.3 Å². The van der Waals surface area contributed by atoms with Crippen molar-refractivity contribution in [2.45, 2.75) is 6.54 Å². The molecule has 0 bridgehead atoms. The van der Waals surface area contributed by atoms with Crippen molar-refractivity contribution >= 4 is 21.6 Å². The van der Waals surface area contributed by atoms with E-state index in [1.165, 1.54) is 0 Å². The molecule has 0 saturated carbocycles. The molecule has 2 aromatic rings. The normalized spacial score (nSPS) is 10.1. The second-order valence-electron chi connectivity index (χ2n) is 3.59. The number of nitrogens with zero attached hydrogens (tertiary/aromatic N) is 1. The summed E-state index contributed by atoms with van der Waals surface area (Å²) < 4.78 is 5.69. The van der Waals surface area contributed by atoms with Crippen LogP contribution in [-0.4, -0.2) is 17.3 Å². The summed E-state index contributed by atoms with van der Waals surface area (Å²) in [4.78, 5) is 11.3. The largest absolute Gasteiger partial charge is 0.496 e. The number of H-pyrrole nitrogens is 1. The smallest absolute Gasteiger partial charge is 0.280 e. The Kier molecular flexibility index (Phi) is 3.99. The molecular weight excluding hydrogens is 298 g/mol. The molecule has 1 aromatic heterocycles. The van der Waals surface area contributed by atoms with Crippen molar-refractivity contribution in [3.8, 4) is 5.75 Å². The quantitative estimate of drug-likeness (QED) is 0.908. The molecule has 5 nitrogen and oxygen atoms in total. The van der Waals surface area contributed by atoms with Gasteiger partial charge in [-0.3, -0.25) is 4.79 Å². The average molecular weight is 310 g/mol. The molecule has 94 valence electrons. The number of nitrogens with one attached hydrogen (secondary N) is 2. The van der Waals surface area contributed by atoms with Crippen molar-refractivity contribution in [3.05, 3.63) is 50.9 Å². The lowest BCUT2D eigenvalue weighted by atomic mass is 10.2. The number of anilines is 1. The minimum atomic E-state index is -0.264. The van der Waals surface area contributed by atoms with E-state index in [0.29, 0.717) is 16.7 Å². The van der Waals surface area contributed by atoms with Crippen molar-refractivity contribution in [2.24, 2.45) is 0 Å². The number of para-hydroxylation sites is 1. The van der Waals surface area contributed by atoms with E-state index in [4.69, 9.17) is 4.74 Å². The number of methoxy groups -OCH3 is 1. The van der Waals surface area contributed by atoms with Crippen LogP contribution in [0.3, 0.4) is 0 Å². The molecule has 6 heteroatoms. The monoisotopic (exact) mass is 309 g/mol. The molecule has 0 amide bonds. The second-order valence-corrected chi connectivity index (χ2v) is 4.39. The molecule has 1 heterocycles. The summed E-state index contributed by atoms with van der Waals surface area (Å²) in [6, 6.07) is 7.69. The number of benzene rings is 1. The Bertz CT molecular complexity index is 598. The first-order valence-corrected chi connectivity index (χ1v) is 6.10. The zero-order valence-corrected chi connectivity index (χ0v) is 11.3. The third kappa shape index (κ3) is 2.70. The van der Waals surface area contributed by atoms with E-state index >= 15 is 0 Å². The number of rotatable bonds is 4. The van der Waals surface area contributed by atoms with Crippen molar-refractivity contribution in [1.29, 1.82) is 0 Å². The predicted molar refractivity (Wildman–Crippen MR) is 72.9 cm³/mol. The molecule has 0 fully saturated rings. The fraction of sp³-hybridized carbons (Fsp3) is 0.167. The third-order valence-electron chi connectivity index (χ3n) is 2.46. The summed E-state index contributed by atoms with van der Waals surface area (Å²) in [6.45, 7) is 0.549. The fourth-order valence-electron chi connectivity index (χ4n) is 1.55. The van der Waals surface area contributed by atoms with Crippen LogP contribution < -0.4 is 15.6 Å². The van der Waals surface area contributed by atoms with Crippen LogP contribution >= 0.6 is 15.9 Å². The molecule has 2 rings (SSSR count). The van der Waals surface area contributed by atoms with Crippen LogP contribution in [0, 0.1) is 0 Å². The minimum Gasteiger partial charge on any atom is -0.496 e. The Morgan fingerprint density at radius 3 is 3.00 bits per heavy atom. The topological polar surface area (TPSA) is 67.0 Å². The van der Waals surface area contributed by atoms with Crippen LogP contribution in [0.5, 0.6) is 5.75 Å². The standard InChI is InChI=1S/C12H12BrN3O2/c1-18-10-5-3-2-4-8(10)6-14-9-7-15-16-12(17)11(9)13/h2-5,7H,6H2,1H3,(H2,14,16,17). The van der Waals surface area contributed by atoms with Crippen LogP contribution in [0.2, 0.25) is 0 Å². The van der Waals surface area contributed by atoms with Gasteiger partial charge in [-0.05, 0) is 22.0 Å². The van der Waals surface area contributed by atoms with Crippen molar-refractivity contribution in [3.63, 3.8) is 0 Å². The third-order valence-corrected chi connectivity index (χ3v) is 3.24. The molecular formula is C12H12BrN3O2. The molecule has 0 aliphatic heterocycles. The van der Waals surface area contributed by atoms with E-state index in [1.807, 2.05) is 24.3 Å². The summed E-state index contributed by atoms with van der Waals surface area (Å²) in [6.07, 6.45) is 1.56. The van der Waals surface area contributed by atoms with Crippen LogP contribution in [0.25, 0.3) is 0 Å². The second kappa shape index (κ2) is 5.68. The molecule has 0 unspecified atom stereocenters. The van der Waals surface area contributed by atoms with E-state index in [9.17, 15) is 4.79 Å². The van der Waals surface area contributed by atoms with Gasteiger partial charge in [0, 0.05) is 12.1 Å². The molecule has 0 spiro atoms. The van der Waals surface area contributed by atoms with Crippen molar-refractivity contribution in [1.82, 2.24) is 10.2 Å². The number of hydrogen-bond donors (Lipinski definition) is 2. The van der Waals surface area contributed by atoms with Gasteiger partial charge in [-0.2, -0.15) is 5.10 Å². The zero-order valence-electron chi connectivity index (χ0n) is 9.74. The van der Waals surface area contributed by atoms with E-state index in [-0.39, 0.29) is 5.56 Å². The lowest BCUT2D eigenvalue weighted by molar-refractivity contribution is 0.410. The van der Waals surface area contributed by atoms with Crippen molar-refractivity contribution < 1.29 is 4.74 Å².